The number of esters is 4. The lowest BCUT2D eigenvalue weighted by molar-refractivity contribution is -0.136. The minimum atomic E-state index is -0.518. The molecule has 3 aliphatic rings. The van der Waals surface area contributed by atoms with Crippen molar-refractivity contribution in [3.05, 3.63) is 93.0 Å². The van der Waals surface area contributed by atoms with Crippen LogP contribution in [0.3, 0.4) is 0 Å². The quantitative estimate of drug-likeness (QED) is 0.0950. The van der Waals surface area contributed by atoms with E-state index in [-0.39, 0.29) is 95.8 Å². The SMILES string of the molecule is CC(C)(C)c1cc2cc(c1O)C=N[C@H]1CCCC[C@@H]1N=Cc1cc(cc(C(C)(C)C)c1O)OC(=O)CCCCCC(=O)Oc1cc(c(O)c(C(C)(C)C)c1)C=N[C@H]1CCCC[C@@H]1N=Cc1cc(cc(C(C)(C)C)c1O)OC(=O)CCCCCC(=O)O2. The summed E-state index contributed by atoms with van der Waals surface area (Å²) in [6.45, 7) is 23.5. The number of carbonyl (C=O) groups is 4. The molecule has 2 saturated carbocycles. The standard InChI is InChI=1S/C70H92N4O12/c1-67(2,3)51-35-47-31-43(63(51)79)39-71-55-23-19-20-24-56(55)72-40-44-32-48(36-52(64(44)80)68(4,5)6)85-61(77)29-17-14-18-30-62(78)86-50-34-46(66(82)54(38-50)70(10,11)12)42-74-58-26-22-21-25-57(58)73-41-45-33-49(37-53(65(45)81)69(7,8)9)84-60(76)28-16-13-15-27-59(75)83-47/h31-42,55-58,79-82H,13-30H2,1-12H3/t55-,56-,57-,58-/m0/s1. The molecule has 464 valence electrons. The molecule has 0 saturated heterocycles. The van der Waals surface area contributed by atoms with Crippen molar-refractivity contribution in [3.8, 4) is 46.0 Å². The fourth-order valence-electron chi connectivity index (χ4n) is 11.2. The first-order valence-corrected chi connectivity index (χ1v) is 30.9. The van der Waals surface area contributed by atoms with Crippen LogP contribution >= 0.6 is 0 Å². The average molecular weight is 1180 g/mol. The highest BCUT2D eigenvalue weighted by atomic mass is 16.5. The van der Waals surface area contributed by atoms with E-state index < -0.39 is 45.5 Å². The van der Waals surface area contributed by atoms with Crippen LogP contribution in [0.5, 0.6) is 46.0 Å². The largest absolute Gasteiger partial charge is 0.507 e. The highest BCUT2D eigenvalue weighted by Gasteiger charge is 2.30. The third-order valence-corrected chi connectivity index (χ3v) is 16.1. The number of nitrogens with zero attached hydrogens (tertiary/aromatic N) is 4. The van der Waals surface area contributed by atoms with Gasteiger partial charge in [0.1, 0.15) is 46.0 Å². The minimum Gasteiger partial charge on any atom is -0.507 e. The van der Waals surface area contributed by atoms with Crippen molar-refractivity contribution in [1.82, 2.24) is 0 Å². The molecule has 7 rings (SSSR count). The van der Waals surface area contributed by atoms with E-state index in [0.717, 1.165) is 51.4 Å². The summed E-state index contributed by atoms with van der Waals surface area (Å²) in [5.74, 6) is -0.604. The maximum absolute atomic E-state index is 13.4. The van der Waals surface area contributed by atoms with E-state index in [0.29, 0.717) is 83.0 Å². The molecule has 16 heteroatoms. The van der Waals surface area contributed by atoms with Gasteiger partial charge in [-0.25, -0.2) is 0 Å². The van der Waals surface area contributed by atoms with Crippen molar-refractivity contribution in [3.63, 3.8) is 0 Å². The molecule has 8 bridgehead atoms. The number of aromatic hydroxyl groups is 4. The topological polar surface area (TPSA) is 236 Å². The van der Waals surface area contributed by atoms with Crippen molar-refractivity contribution < 1.29 is 58.6 Å². The van der Waals surface area contributed by atoms with Crippen molar-refractivity contribution >= 4 is 48.7 Å². The Kier molecular flexibility index (Phi) is 21.9. The number of fused-ring (bicyclic) bond motifs is 10. The Morgan fingerprint density at radius 3 is 0.698 bits per heavy atom. The molecule has 4 aromatic rings. The molecule has 4 aromatic carbocycles. The van der Waals surface area contributed by atoms with Gasteiger partial charge in [0.25, 0.3) is 0 Å². The molecule has 4 N–H and O–H groups in total. The number of aliphatic imine (C=N–C) groups is 4. The predicted octanol–water partition coefficient (Wildman–Crippen LogP) is 14.6. The number of benzene rings is 4. The van der Waals surface area contributed by atoms with Gasteiger partial charge in [0.2, 0.25) is 0 Å². The number of carbonyl (C=O) groups excluding carboxylic acids is 4. The highest BCUT2D eigenvalue weighted by molar-refractivity contribution is 5.89. The van der Waals surface area contributed by atoms with Gasteiger partial charge in [-0.15, -0.1) is 0 Å². The Morgan fingerprint density at radius 1 is 0.314 bits per heavy atom. The van der Waals surface area contributed by atoms with Crippen molar-refractivity contribution in [1.29, 1.82) is 0 Å². The van der Waals surface area contributed by atoms with Gasteiger partial charge in [0.15, 0.2) is 0 Å². The summed E-state index contributed by atoms with van der Waals surface area (Å²) >= 11 is 0. The van der Waals surface area contributed by atoms with E-state index in [2.05, 4.69) is 0 Å². The zero-order valence-electron chi connectivity index (χ0n) is 52.8. The number of rotatable bonds is 0. The zero-order chi connectivity index (χ0) is 62.7. The third kappa shape index (κ3) is 18.3. The number of phenols is 4. The molecule has 0 aromatic heterocycles. The van der Waals surface area contributed by atoms with Gasteiger partial charge in [-0.3, -0.25) is 39.1 Å². The van der Waals surface area contributed by atoms with E-state index in [1.807, 2.05) is 83.1 Å². The first-order valence-electron chi connectivity index (χ1n) is 30.9. The summed E-state index contributed by atoms with van der Waals surface area (Å²) in [6.07, 6.45) is 16.4. The normalized spacial score (nSPS) is 20.9. The molecule has 0 radical (unpaired) electrons. The minimum absolute atomic E-state index is 0.0315. The van der Waals surface area contributed by atoms with Crippen LogP contribution in [-0.4, -0.2) is 93.3 Å². The second-order valence-corrected chi connectivity index (χ2v) is 27.6. The van der Waals surface area contributed by atoms with E-state index in [9.17, 15) is 39.6 Å². The summed E-state index contributed by atoms with van der Waals surface area (Å²) < 4.78 is 23.6. The number of hydrogen-bond acceptors (Lipinski definition) is 16. The van der Waals surface area contributed by atoms with Gasteiger partial charge in [-0.1, -0.05) is 122 Å². The molecule has 1 aliphatic heterocycles. The van der Waals surface area contributed by atoms with Crippen LogP contribution in [0, 0.1) is 0 Å². The van der Waals surface area contributed by atoms with Crippen LogP contribution in [0.15, 0.2) is 68.5 Å². The lowest BCUT2D eigenvalue weighted by Gasteiger charge is -2.26. The Morgan fingerprint density at radius 2 is 0.512 bits per heavy atom. The first kappa shape index (κ1) is 66.2. The molecule has 16 nitrogen and oxygen atoms in total. The van der Waals surface area contributed by atoms with Crippen molar-refractivity contribution in [2.75, 3.05) is 0 Å². The molecule has 0 unspecified atom stereocenters. The lowest BCUT2D eigenvalue weighted by Crippen LogP contribution is -2.27. The molecule has 0 spiro atoms. The highest BCUT2D eigenvalue weighted by Crippen LogP contribution is 2.41. The van der Waals surface area contributed by atoms with Gasteiger partial charge < -0.3 is 39.4 Å². The van der Waals surface area contributed by atoms with Crippen LogP contribution < -0.4 is 18.9 Å². The van der Waals surface area contributed by atoms with Crippen LogP contribution in [0.4, 0.5) is 0 Å². The molecular weight excluding hydrogens is 1090 g/mol. The van der Waals surface area contributed by atoms with Gasteiger partial charge >= 0.3 is 23.9 Å². The summed E-state index contributed by atoms with van der Waals surface area (Å²) in [5.41, 5.74) is 1.83. The number of hydrogen-bond donors (Lipinski definition) is 4. The molecule has 2 fully saturated rings. The van der Waals surface area contributed by atoms with Crippen LogP contribution in [0.25, 0.3) is 0 Å². The predicted molar refractivity (Wildman–Crippen MR) is 338 cm³/mol. The van der Waals surface area contributed by atoms with Crippen LogP contribution in [-0.2, 0) is 40.8 Å². The van der Waals surface area contributed by atoms with Crippen LogP contribution in [0.1, 0.15) is 243 Å². The van der Waals surface area contributed by atoms with Crippen molar-refractivity contribution in [2.45, 2.75) is 244 Å². The van der Waals surface area contributed by atoms with Crippen LogP contribution in [0.2, 0.25) is 0 Å². The number of phenolic OH excluding ortho intramolecular Hbond substituents is 4. The summed E-state index contributed by atoms with van der Waals surface area (Å²) in [7, 11) is 0. The van der Waals surface area contributed by atoms with Gasteiger partial charge in [0.05, 0.1) is 24.2 Å². The first-order chi connectivity index (χ1) is 40.4. The maximum atomic E-state index is 13.4. The maximum Gasteiger partial charge on any atom is 0.311 e. The van der Waals surface area contributed by atoms with Gasteiger partial charge in [0, 0.05) is 95.0 Å². The van der Waals surface area contributed by atoms with E-state index in [1.54, 1.807) is 73.4 Å². The second kappa shape index (κ2) is 28.4. The molecule has 2 aliphatic carbocycles. The van der Waals surface area contributed by atoms with E-state index >= 15 is 0 Å². The van der Waals surface area contributed by atoms with Crippen molar-refractivity contribution in [2.24, 2.45) is 20.0 Å². The average Bonchev–Trinajstić information content (AvgIpc) is 2.57. The van der Waals surface area contributed by atoms with E-state index in [1.165, 1.54) is 0 Å². The lowest BCUT2D eigenvalue weighted by atomic mass is 9.85. The fourth-order valence-corrected chi connectivity index (χ4v) is 11.2. The molecule has 1 heterocycles. The molecule has 86 heavy (non-hydrogen) atoms. The summed E-state index contributed by atoms with van der Waals surface area (Å²) in [6, 6.07) is 12.1. The Hall–Kier alpha value is -7.36. The Balaban J connectivity index is 1.16. The molecule has 0 amide bonds. The summed E-state index contributed by atoms with van der Waals surface area (Å²) in [5, 5.41) is 46.4. The zero-order valence-corrected chi connectivity index (χ0v) is 52.8. The fraction of sp³-hybridized carbons (Fsp3) is 0.543. The Bertz CT molecular complexity index is 2800. The summed E-state index contributed by atoms with van der Waals surface area (Å²) in [4.78, 5) is 73.4. The van der Waals surface area contributed by atoms with Gasteiger partial charge in [-0.2, -0.15) is 0 Å². The smallest absolute Gasteiger partial charge is 0.311 e. The molecule has 4 atom stereocenters. The third-order valence-electron chi connectivity index (χ3n) is 16.1. The second-order valence-electron chi connectivity index (χ2n) is 27.6. The monoisotopic (exact) mass is 1180 g/mol. The molecular formula is C70H92N4O12. The number of ether oxygens (including phenoxy) is 4. The Labute approximate surface area is 508 Å². The van der Waals surface area contributed by atoms with Gasteiger partial charge in [-0.05, 0) is 122 Å². The van der Waals surface area contributed by atoms with E-state index in [4.69, 9.17) is 38.9 Å².